The van der Waals surface area contributed by atoms with Crippen molar-refractivity contribution in [2.24, 2.45) is 0 Å². The fourth-order valence-electron chi connectivity index (χ4n) is 2.34. The molecule has 1 N–H and O–H groups in total. The Labute approximate surface area is 121 Å². The average Bonchev–Trinajstić information content (AvgIpc) is 2.38. The minimum atomic E-state index is -0.160. The van der Waals surface area contributed by atoms with Gasteiger partial charge in [-0.3, -0.25) is 9.69 Å². The maximum absolute atomic E-state index is 11.9. The summed E-state index contributed by atoms with van der Waals surface area (Å²) in [4.78, 5) is 20.7. The van der Waals surface area contributed by atoms with Gasteiger partial charge >= 0.3 is 0 Å². The van der Waals surface area contributed by atoms with E-state index in [0.29, 0.717) is 6.54 Å². The maximum Gasteiger partial charge on any atom is 0.234 e. The van der Waals surface area contributed by atoms with Gasteiger partial charge in [-0.2, -0.15) is 0 Å². The molecule has 1 fully saturated rings. The highest BCUT2D eigenvalue weighted by molar-refractivity contribution is 5.78. The highest BCUT2D eigenvalue weighted by Gasteiger charge is 2.21. The first-order valence-corrected chi connectivity index (χ1v) is 7.13. The van der Waals surface area contributed by atoms with Gasteiger partial charge in [0.25, 0.3) is 0 Å². The molecule has 0 aromatic carbocycles. The van der Waals surface area contributed by atoms with E-state index in [4.69, 9.17) is 0 Å². The molecule has 0 bridgehead atoms. The Kier molecular flexibility index (Phi) is 4.60. The molecule has 5 heteroatoms. The van der Waals surface area contributed by atoms with Crippen LogP contribution in [0, 0.1) is 0 Å². The highest BCUT2D eigenvalue weighted by atomic mass is 16.2. The van der Waals surface area contributed by atoms with Crippen LogP contribution in [0.5, 0.6) is 0 Å². The summed E-state index contributed by atoms with van der Waals surface area (Å²) in [6.45, 7) is 10.1. The quantitative estimate of drug-likeness (QED) is 0.899. The van der Waals surface area contributed by atoms with Gasteiger partial charge in [0, 0.05) is 37.9 Å². The van der Waals surface area contributed by atoms with Gasteiger partial charge in [0.05, 0.1) is 6.54 Å². The number of pyridine rings is 1. The minimum absolute atomic E-state index is 0.101. The summed E-state index contributed by atoms with van der Waals surface area (Å²) in [7, 11) is 0. The lowest BCUT2D eigenvalue weighted by atomic mass is 10.1. The third-order valence-corrected chi connectivity index (χ3v) is 3.23. The number of anilines is 1. The van der Waals surface area contributed by atoms with Gasteiger partial charge in [-0.05, 0) is 32.9 Å². The molecule has 0 spiro atoms. The molecule has 0 atom stereocenters. The zero-order valence-electron chi connectivity index (χ0n) is 12.6. The van der Waals surface area contributed by atoms with E-state index in [0.717, 1.165) is 32.0 Å². The Bertz CT molecular complexity index is 433. The van der Waals surface area contributed by atoms with Gasteiger partial charge in [-0.1, -0.05) is 6.07 Å². The fraction of sp³-hybridized carbons (Fsp3) is 0.600. The van der Waals surface area contributed by atoms with E-state index >= 15 is 0 Å². The number of piperazine rings is 1. The molecule has 0 aliphatic carbocycles. The van der Waals surface area contributed by atoms with Crippen LogP contribution in [-0.4, -0.2) is 54.1 Å². The van der Waals surface area contributed by atoms with E-state index in [1.54, 1.807) is 0 Å². The van der Waals surface area contributed by atoms with Crippen molar-refractivity contribution in [3.05, 3.63) is 24.4 Å². The van der Waals surface area contributed by atoms with Gasteiger partial charge < -0.3 is 10.2 Å². The number of nitrogens with one attached hydrogen (secondary N) is 1. The SMILES string of the molecule is CC(C)(C)NC(=O)CN1CCN(c2ccccn2)CC1. The third kappa shape index (κ3) is 4.49. The average molecular weight is 276 g/mol. The van der Waals surface area contributed by atoms with E-state index in [9.17, 15) is 4.79 Å². The van der Waals surface area contributed by atoms with Crippen LogP contribution in [0.15, 0.2) is 24.4 Å². The monoisotopic (exact) mass is 276 g/mol. The van der Waals surface area contributed by atoms with Crippen molar-refractivity contribution >= 4 is 11.7 Å². The van der Waals surface area contributed by atoms with Crippen LogP contribution < -0.4 is 10.2 Å². The molecule has 0 radical (unpaired) electrons. The number of amides is 1. The second kappa shape index (κ2) is 6.22. The zero-order valence-corrected chi connectivity index (χ0v) is 12.6. The summed E-state index contributed by atoms with van der Waals surface area (Å²) in [6, 6.07) is 5.96. The molecular formula is C15H24N4O. The third-order valence-electron chi connectivity index (χ3n) is 3.23. The number of rotatable bonds is 3. The first-order valence-electron chi connectivity index (χ1n) is 7.13. The molecule has 1 aliphatic rings. The topological polar surface area (TPSA) is 48.5 Å². The van der Waals surface area contributed by atoms with Crippen molar-refractivity contribution in [2.75, 3.05) is 37.6 Å². The smallest absolute Gasteiger partial charge is 0.234 e. The number of carbonyl (C=O) groups is 1. The lowest BCUT2D eigenvalue weighted by Gasteiger charge is -2.35. The summed E-state index contributed by atoms with van der Waals surface area (Å²) in [6.07, 6.45) is 1.82. The van der Waals surface area contributed by atoms with E-state index < -0.39 is 0 Å². The van der Waals surface area contributed by atoms with Crippen molar-refractivity contribution in [2.45, 2.75) is 26.3 Å². The summed E-state index contributed by atoms with van der Waals surface area (Å²) >= 11 is 0. The molecule has 1 amide bonds. The predicted molar refractivity (Wildman–Crippen MR) is 80.8 cm³/mol. The van der Waals surface area contributed by atoms with Crippen LogP contribution in [0.3, 0.4) is 0 Å². The molecule has 1 saturated heterocycles. The van der Waals surface area contributed by atoms with Crippen molar-refractivity contribution in [1.82, 2.24) is 15.2 Å². The van der Waals surface area contributed by atoms with Crippen LogP contribution in [-0.2, 0) is 4.79 Å². The summed E-state index contributed by atoms with van der Waals surface area (Å²) in [5.41, 5.74) is -0.160. The second-order valence-electron chi connectivity index (χ2n) is 6.25. The summed E-state index contributed by atoms with van der Waals surface area (Å²) in [5.74, 6) is 1.12. The molecule has 0 saturated carbocycles. The first-order chi connectivity index (χ1) is 9.44. The molecule has 1 aromatic heterocycles. The van der Waals surface area contributed by atoms with Crippen molar-refractivity contribution < 1.29 is 4.79 Å². The number of nitrogens with zero attached hydrogens (tertiary/aromatic N) is 3. The molecule has 20 heavy (non-hydrogen) atoms. The Hall–Kier alpha value is -1.62. The molecule has 2 rings (SSSR count). The van der Waals surface area contributed by atoms with Crippen LogP contribution in [0.4, 0.5) is 5.82 Å². The first kappa shape index (κ1) is 14.8. The largest absolute Gasteiger partial charge is 0.354 e. The lowest BCUT2D eigenvalue weighted by Crippen LogP contribution is -2.51. The Morgan fingerprint density at radius 3 is 2.50 bits per heavy atom. The standard InChI is InChI=1S/C15H24N4O/c1-15(2,3)17-14(20)12-18-8-10-19(11-9-18)13-6-4-5-7-16-13/h4-7H,8-12H2,1-3H3,(H,17,20). The van der Waals surface area contributed by atoms with Gasteiger partial charge in [-0.25, -0.2) is 4.98 Å². The van der Waals surface area contributed by atoms with Crippen molar-refractivity contribution in [1.29, 1.82) is 0 Å². The maximum atomic E-state index is 11.9. The summed E-state index contributed by atoms with van der Waals surface area (Å²) in [5, 5.41) is 3.00. The Balaban J connectivity index is 1.79. The van der Waals surface area contributed by atoms with Crippen molar-refractivity contribution in [3.63, 3.8) is 0 Å². The predicted octanol–water partition coefficient (Wildman–Crippen LogP) is 1.12. The van der Waals surface area contributed by atoms with Crippen molar-refractivity contribution in [3.8, 4) is 0 Å². The molecule has 0 unspecified atom stereocenters. The zero-order chi connectivity index (χ0) is 14.6. The molecule has 110 valence electrons. The minimum Gasteiger partial charge on any atom is -0.354 e. The van der Waals surface area contributed by atoms with Crippen LogP contribution in [0.1, 0.15) is 20.8 Å². The fourth-order valence-corrected chi connectivity index (χ4v) is 2.34. The lowest BCUT2D eigenvalue weighted by molar-refractivity contribution is -0.123. The highest BCUT2D eigenvalue weighted by Crippen LogP contribution is 2.12. The Morgan fingerprint density at radius 2 is 1.95 bits per heavy atom. The Morgan fingerprint density at radius 1 is 1.25 bits per heavy atom. The van der Waals surface area contributed by atoms with Crippen LogP contribution in [0.2, 0.25) is 0 Å². The second-order valence-corrected chi connectivity index (χ2v) is 6.25. The molecule has 1 aliphatic heterocycles. The van der Waals surface area contributed by atoms with E-state index in [-0.39, 0.29) is 11.4 Å². The van der Waals surface area contributed by atoms with Crippen LogP contribution >= 0.6 is 0 Å². The van der Waals surface area contributed by atoms with Gasteiger partial charge in [0.2, 0.25) is 5.91 Å². The van der Waals surface area contributed by atoms with Crippen LogP contribution in [0.25, 0.3) is 0 Å². The number of hydrogen-bond donors (Lipinski definition) is 1. The number of carbonyl (C=O) groups excluding carboxylic acids is 1. The summed E-state index contributed by atoms with van der Waals surface area (Å²) < 4.78 is 0. The van der Waals surface area contributed by atoms with Gasteiger partial charge in [0.15, 0.2) is 0 Å². The van der Waals surface area contributed by atoms with Gasteiger partial charge in [0.1, 0.15) is 5.82 Å². The molecule has 1 aromatic rings. The molecule has 2 heterocycles. The molecular weight excluding hydrogens is 252 g/mol. The number of hydrogen-bond acceptors (Lipinski definition) is 4. The van der Waals surface area contributed by atoms with E-state index in [2.05, 4.69) is 20.1 Å². The van der Waals surface area contributed by atoms with E-state index in [1.807, 2.05) is 45.2 Å². The van der Waals surface area contributed by atoms with E-state index in [1.165, 1.54) is 0 Å². The normalized spacial score (nSPS) is 17.1. The number of aromatic nitrogens is 1. The molecule has 5 nitrogen and oxygen atoms in total. The van der Waals surface area contributed by atoms with Gasteiger partial charge in [-0.15, -0.1) is 0 Å².